The lowest BCUT2D eigenvalue weighted by atomic mass is 10.1. The van der Waals surface area contributed by atoms with Crippen LogP contribution < -0.4 is 9.47 Å². The van der Waals surface area contributed by atoms with E-state index in [-0.39, 0.29) is 5.91 Å². The van der Waals surface area contributed by atoms with Gasteiger partial charge in [-0.25, -0.2) is 0 Å². The highest BCUT2D eigenvalue weighted by Gasteiger charge is 2.26. The molecule has 104 valence electrons. The Morgan fingerprint density at radius 2 is 2.16 bits per heavy atom. The number of para-hydroxylation sites is 1. The molecule has 1 heterocycles. The van der Waals surface area contributed by atoms with E-state index in [1.54, 1.807) is 23.1 Å². The van der Waals surface area contributed by atoms with Crippen molar-refractivity contribution in [1.82, 2.24) is 4.90 Å². The Morgan fingerprint density at radius 1 is 1.37 bits per heavy atom. The minimum absolute atomic E-state index is 0.130. The Labute approximate surface area is 112 Å². The van der Waals surface area contributed by atoms with E-state index in [0.29, 0.717) is 30.2 Å². The first-order valence-corrected chi connectivity index (χ1v) is 6.35. The van der Waals surface area contributed by atoms with Gasteiger partial charge in [-0.2, -0.15) is 0 Å². The molecule has 0 bridgehead atoms. The van der Waals surface area contributed by atoms with Crippen LogP contribution in [-0.2, 0) is 0 Å². The van der Waals surface area contributed by atoms with Crippen LogP contribution in [0.3, 0.4) is 0 Å². The second-order valence-corrected chi connectivity index (χ2v) is 4.59. The Morgan fingerprint density at radius 3 is 2.79 bits per heavy atom. The van der Waals surface area contributed by atoms with E-state index in [2.05, 4.69) is 0 Å². The number of ether oxygens (including phenoxy) is 2. The van der Waals surface area contributed by atoms with Crippen molar-refractivity contribution in [3.63, 3.8) is 0 Å². The van der Waals surface area contributed by atoms with E-state index in [9.17, 15) is 9.90 Å². The average Bonchev–Trinajstić information content (AvgIpc) is 2.45. The maximum absolute atomic E-state index is 12.5. The number of aliphatic hydroxyl groups excluding tert-OH is 1. The molecule has 0 radical (unpaired) electrons. The SMILES string of the molecule is COc1cccc(C(=O)N2CCCC(O)C2)c1OC. The Kier molecular flexibility index (Phi) is 4.27. The molecule has 1 N–H and O–H groups in total. The molecule has 5 heteroatoms. The van der Waals surface area contributed by atoms with Gasteiger partial charge in [-0.1, -0.05) is 6.07 Å². The van der Waals surface area contributed by atoms with Crippen molar-refractivity contribution >= 4 is 5.91 Å². The molecular formula is C14H19NO4. The summed E-state index contributed by atoms with van der Waals surface area (Å²) in [6.45, 7) is 1.04. The summed E-state index contributed by atoms with van der Waals surface area (Å²) in [7, 11) is 3.05. The van der Waals surface area contributed by atoms with Crippen LogP contribution >= 0.6 is 0 Å². The molecule has 2 rings (SSSR count). The second kappa shape index (κ2) is 5.93. The number of carbonyl (C=O) groups excluding carboxylic acids is 1. The molecular weight excluding hydrogens is 246 g/mol. The molecule has 1 unspecified atom stereocenters. The first-order chi connectivity index (χ1) is 9.17. The normalized spacial score (nSPS) is 19.1. The number of hydrogen-bond donors (Lipinski definition) is 1. The maximum Gasteiger partial charge on any atom is 0.257 e. The quantitative estimate of drug-likeness (QED) is 0.895. The monoisotopic (exact) mass is 265 g/mol. The van der Waals surface area contributed by atoms with Gasteiger partial charge in [0.25, 0.3) is 5.91 Å². The first-order valence-electron chi connectivity index (χ1n) is 6.35. The minimum atomic E-state index is -0.436. The standard InChI is InChI=1S/C14H19NO4/c1-18-12-7-3-6-11(13(12)19-2)14(17)15-8-4-5-10(16)9-15/h3,6-7,10,16H,4-5,8-9H2,1-2H3. The molecule has 0 saturated carbocycles. The highest BCUT2D eigenvalue weighted by molar-refractivity contribution is 5.97. The summed E-state index contributed by atoms with van der Waals surface area (Å²) in [5.41, 5.74) is 0.468. The number of likely N-dealkylation sites (tertiary alicyclic amines) is 1. The van der Waals surface area contributed by atoms with Crippen molar-refractivity contribution in [2.75, 3.05) is 27.3 Å². The van der Waals surface area contributed by atoms with Gasteiger partial charge >= 0.3 is 0 Å². The van der Waals surface area contributed by atoms with Gasteiger partial charge in [-0.05, 0) is 25.0 Å². The van der Waals surface area contributed by atoms with Gasteiger partial charge in [-0.15, -0.1) is 0 Å². The van der Waals surface area contributed by atoms with Gasteiger partial charge < -0.3 is 19.5 Å². The Balaban J connectivity index is 2.28. The van der Waals surface area contributed by atoms with Gasteiger partial charge in [0.05, 0.1) is 25.9 Å². The Hall–Kier alpha value is -1.75. The van der Waals surface area contributed by atoms with Crippen molar-refractivity contribution in [1.29, 1.82) is 0 Å². The summed E-state index contributed by atoms with van der Waals surface area (Å²) in [6.07, 6.45) is 1.13. The van der Waals surface area contributed by atoms with Gasteiger partial charge in [0.2, 0.25) is 0 Å². The maximum atomic E-state index is 12.5. The highest BCUT2D eigenvalue weighted by Crippen LogP contribution is 2.31. The van der Waals surface area contributed by atoms with E-state index in [0.717, 1.165) is 12.8 Å². The number of hydrogen-bond acceptors (Lipinski definition) is 4. The second-order valence-electron chi connectivity index (χ2n) is 4.59. The smallest absolute Gasteiger partial charge is 0.257 e. The van der Waals surface area contributed by atoms with Crippen LogP contribution in [0, 0.1) is 0 Å². The van der Waals surface area contributed by atoms with Crippen LogP contribution in [0.4, 0.5) is 0 Å². The van der Waals surface area contributed by atoms with Gasteiger partial charge in [0.1, 0.15) is 0 Å². The van der Waals surface area contributed by atoms with Gasteiger partial charge in [-0.3, -0.25) is 4.79 Å². The van der Waals surface area contributed by atoms with Gasteiger partial charge in [0.15, 0.2) is 11.5 Å². The largest absolute Gasteiger partial charge is 0.493 e. The van der Waals surface area contributed by atoms with E-state index in [1.165, 1.54) is 14.2 Å². The average molecular weight is 265 g/mol. The summed E-state index contributed by atoms with van der Waals surface area (Å²) in [5, 5.41) is 9.65. The fourth-order valence-corrected chi connectivity index (χ4v) is 2.37. The topological polar surface area (TPSA) is 59.0 Å². The number of piperidine rings is 1. The molecule has 1 amide bonds. The molecule has 0 aliphatic carbocycles. The predicted octanol–water partition coefficient (Wildman–Crippen LogP) is 1.30. The lowest BCUT2D eigenvalue weighted by Gasteiger charge is -2.30. The van der Waals surface area contributed by atoms with Crippen molar-refractivity contribution in [2.24, 2.45) is 0 Å². The number of rotatable bonds is 3. The molecule has 1 aliphatic heterocycles. The molecule has 0 spiro atoms. The lowest BCUT2D eigenvalue weighted by Crippen LogP contribution is -2.42. The third-order valence-electron chi connectivity index (χ3n) is 3.32. The van der Waals surface area contributed by atoms with Crippen LogP contribution in [0.15, 0.2) is 18.2 Å². The molecule has 1 fully saturated rings. The lowest BCUT2D eigenvalue weighted by molar-refractivity contribution is 0.0470. The molecule has 19 heavy (non-hydrogen) atoms. The van der Waals surface area contributed by atoms with E-state index in [4.69, 9.17) is 9.47 Å². The van der Waals surface area contributed by atoms with E-state index in [1.807, 2.05) is 0 Å². The van der Waals surface area contributed by atoms with Crippen molar-refractivity contribution in [3.8, 4) is 11.5 Å². The number of methoxy groups -OCH3 is 2. The zero-order chi connectivity index (χ0) is 13.8. The number of β-amino-alcohol motifs (C(OH)–C–C–N with tert-alkyl or cyclic N) is 1. The summed E-state index contributed by atoms with van der Waals surface area (Å²) in [4.78, 5) is 14.1. The molecule has 1 atom stereocenters. The van der Waals surface area contributed by atoms with Gasteiger partial charge in [0, 0.05) is 13.1 Å². The van der Waals surface area contributed by atoms with E-state index < -0.39 is 6.10 Å². The number of benzene rings is 1. The minimum Gasteiger partial charge on any atom is -0.493 e. The molecule has 0 aromatic heterocycles. The molecule has 1 saturated heterocycles. The van der Waals surface area contributed by atoms with Crippen LogP contribution in [-0.4, -0.2) is 49.3 Å². The molecule has 1 aromatic rings. The number of carbonyl (C=O) groups is 1. The third kappa shape index (κ3) is 2.81. The first kappa shape index (κ1) is 13.7. The molecule has 1 aromatic carbocycles. The highest BCUT2D eigenvalue weighted by atomic mass is 16.5. The van der Waals surface area contributed by atoms with Crippen molar-refractivity contribution in [2.45, 2.75) is 18.9 Å². The van der Waals surface area contributed by atoms with Crippen LogP contribution in [0.5, 0.6) is 11.5 Å². The zero-order valence-corrected chi connectivity index (χ0v) is 11.3. The number of amides is 1. The summed E-state index contributed by atoms with van der Waals surface area (Å²) in [6, 6.07) is 5.22. The van der Waals surface area contributed by atoms with Crippen molar-refractivity contribution in [3.05, 3.63) is 23.8 Å². The summed E-state index contributed by atoms with van der Waals surface area (Å²) < 4.78 is 10.5. The predicted molar refractivity (Wildman–Crippen MR) is 70.7 cm³/mol. The number of aliphatic hydroxyl groups is 1. The van der Waals surface area contributed by atoms with Crippen LogP contribution in [0.25, 0.3) is 0 Å². The van der Waals surface area contributed by atoms with Crippen molar-refractivity contribution < 1.29 is 19.4 Å². The fourth-order valence-electron chi connectivity index (χ4n) is 2.37. The summed E-state index contributed by atoms with van der Waals surface area (Å²) in [5.74, 6) is 0.843. The molecule has 5 nitrogen and oxygen atoms in total. The summed E-state index contributed by atoms with van der Waals surface area (Å²) >= 11 is 0. The van der Waals surface area contributed by atoms with E-state index >= 15 is 0 Å². The van der Waals surface area contributed by atoms with Crippen LogP contribution in [0.1, 0.15) is 23.2 Å². The molecule has 1 aliphatic rings. The zero-order valence-electron chi connectivity index (χ0n) is 11.3. The third-order valence-corrected chi connectivity index (χ3v) is 3.32. The number of nitrogens with zero attached hydrogens (tertiary/aromatic N) is 1. The Bertz CT molecular complexity index is 461. The van der Waals surface area contributed by atoms with Crippen LogP contribution in [0.2, 0.25) is 0 Å². The fraction of sp³-hybridized carbons (Fsp3) is 0.500.